The fraction of sp³-hybridized carbons (Fsp3) is 0.667. The quantitative estimate of drug-likeness (QED) is 0.139. The average molecular weight is 476 g/mol. The zero-order valence-corrected chi connectivity index (χ0v) is 18.4. The fourth-order valence-corrected chi connectivity index (χ4v) is 3.49. The monoisotopic (exact) mass is 475 g/mol. The maximum atomic E-state index is 12.8. The molecule has 4 atom stereocenters. The van der Waals surface area contributed by atoms with Crippen molar-refractivity contribution in [2.75, 3.05) is 18.6 Å². The number of primary amides is 1. The van der Waals surface area contributed by atoms with Crippen molar-refractivity contribution in [3.05, 3.63) is 0 Å². The highest BCUT2D eigenvalue weighted by Crippen LogP contribution is 2.07. The molecule has 0 saturated carbocycles. The minimum atomic E-state index is -1.69. The van der Waals surface area contributed by atoms with E-state index in [1.165, 1.54) is 11.8 Å². The van der Waals surface area contributed by atoms with Gasteiger partial charge >= 0.3 is 11.9 Å². The molecule has 13 nitrogen and oxygen atoms in total. The van der Waals surface area contributed by atoms with Crippen molar-refractivity contribution in [1.82, 2.24) is 21.3 Å². The SMILES string of the molecule is CSCCC(NC(=O)C(CC(N)=O)NC(=O)C1CCCN1)C(=O)NC(CC(=O)O)C(=O)O. The lowest BCUT2D eigenvalue weighted by atomic mass is 10.1. The van der Waals surface area contributed by atoms with E-state index < -0.39 is 72.6 Å². The van der Waals surface area contributed by atoms with Gasteiger partial charge in [0.2, 0.25) is 23.6 Å². The molecular formula is C18H29N5O8S. The van der Waals surface area contributed by atoms with E-state index in [4.69, 9.17) is 15.9 Å². The first kappa shape index (κ1) is 27.2. The van der Waals surface area contributed by atoms with Gasteiger partial charge in [0, 0.05) is 0 Å². The number of aliphatic carboxylic acids is 2. The van der Waals surface area contributed by atoms with Crippen LogP contribution in [-0.4, -0.2) is 88.5 Å². The Balaban J connectivity index is 2.91. The van der Waals surface area contributed by atoms with Crippen LogP contribution in [-0.2, 0) is 28.8 Å². The van der Waals surface area contributed by atoms with Gasteiger partial charge in [-0.3, -0.25) is 24.0 Å². The van der Waals surface area contributed by atoms with Crippen molar-refractivity contribution >= 4 is 47.3 Å². The number of thioether (sulfide) groups is 1. The Morgan fingerprint density at radius 2 is 1.62 bits per heavy atom. The van der Waals surface area contributed by atoms with Crippen molar-refractivity contribution in [2.45, 2.75) is 56.3 Å². The molecule has 8 N–H and O–H groups in total. The van der Waals surface area contributed by atoms with Crippen molar-refractivity contribution in [3.8, 4) is 0 Å². The molecular weight excluding hydrogens is 446 g/mol. The molecule has 0 spiro atoms. The lowest BCUT2D eigenvalue weighted by molar-refractivity contribution is -0.147. The summed E-state index contributed by atoms with van der Waals surface area (Å²) in [4.78, 5) is 71.2. The number of hydrogen-bond acceptors (Lipinski definition) is 8. The molecule has 32 heavy (non-hydrogen) atoms. The third-order valence-corrected chi connectivity index (χ3v) is 5.30. The number of carbonyl (C=O) groups is 6. The van der Waals surface area contributed by atoms with Gasteiger partial charge in [0.25, 0.3) is 0 Å². The molecule has 1 aliphatic rings. The van der Waals surface area contributed by atoms with E-state index in [2.05, 4.69) is 21.3 Å². The van der Waals surface area contributed by atoms with E-state index in [1.807, 2.05) is 0 Å². The van der Waals surface area contributed by atoms with Crippen molar-refractivity contribution in [1.29, 1.82) is 0 Å². The smallest absolute Gasteiger partial charge is 0.326 e. The molecule has 1 rings (SSSR count). The van der Waals surface area contributed by atoms with Crippen LogP contribution in [0.15, 0.2) is 0 Å². The van der Waals surface area contributed by atoms with Crippen LogP contribution in [0.5, 0.6) is 0 Å². The van der Waals surface area contributed by atoms with Crippen LogP contribution in [0.3, 0.4) is 0 Å². The Morgan fingerprint density at radius 1 is 1.00 bits per heavy atom. The molecule has 0 aliphatic carbocycles. The minimum absolute atomic E-state index is 0.0968. The second-order valence-electron chi connectivity index (χ2n) is 7.22. The highest BCUT2D eigenvalue weighted by atomic mass is 32.2. The highest BCUT2D eigenvalue weighted by Gasteiger charge is 2.32. The van der Waals surface area contributed by atoms with Gasteiger partial charge in [-0.2, -0.15) is 11.8 Å². The third-order valence-electron chi connectivity index (χ3n) is 4.65. The lowest BCUT2D eigenvalue weighted by Crippen LogP contribution is -2.57. The summed E-state index contributed by atoms with van der Waals surface area (Å²) in [6.45, 7) is 0.642. The predicted molar refractivity (Wildman–Crippen MR) is 114 cm³/mol. The summed E-state index contributed by atoms with van der Waals surface area (Å²) in [6.07, 6.45) is 1.85. The summed E-state index contributed by atoms with van der Waals surface area (Å²) in [5, 5.41) is 27.9. The first-order chi connectivity index (χ1) is 15.0. The molecule has 0 aromatic heterocycles. The van der Waals surface area contributed by atoms with Crippen LogP contribution in [0.2, 0.25) is 0 Å². The summed E-state index contributed by atoms with van der Waals surface area (Å²) in [5.74, 6) is -5.63. The average Bonchev–Trinajstić information content (AvgIpc) is 3.24. The first-order valence-electron chi connectivity index (χ1n) is 9.91. The zero-order chi connectivity index (χ0) is 24.3. The maximum Gasteiger partial charge on any atom is 0.326 e. The highest BCUT2D eigenvalue weighted by molar-refractivity contribution is 7.98. The number of amides is 4. The van der Waals surface area contributed by atoms with Crippen molar-refractivity contribution in [2.24, 2.45) is 5.73 Å². The number of carbonyl (C=O) groups excluding carboxylic acids is 4. The van der Waals surface area contributed by atoms with Gasteiger partial charge in [0.15, 0.2) is 0 Å². The molecule has 1 heterocycles. The van der Waals surface area contributed by atoms with Gasteiger partial charge in [0.1, 0.15) is 18.1 Å². The van der Waals surface area contributed by atoms with Crippen LogP contribution in [0, 0.1) is 0 Å². The Kier molecular flexibility index (Phi) is 11.5. The summed E-state index contributed by atoms with van der Waals surface area (Å²) in [5.41, 5.74) is 5.19. The largest absolute Gasteiger partial charge is 0.481 e. The van der Waals surface area contributed by atoms with Gasteiger partial charge < -0.3 is 37.2 Å². The zero-order valence-electron chi connectivity index (χ0n) is 17.6. The molecule has 1 saturated heterocycles. The van der Waals surface area contributed by atoms with Gasteiger partial charge in [-0.1, -0.05) is 0 Å². The van der Waals surface area contributed by atoms with E-state index in [-0.39, 0.29) is 6.42 Å². The number of carboxylic acids is 2. The molecule has 0 aromatic carbocycles. The van der Waals surface area contributed by atoms with Crippen LogP contribution < -0.4 is 27.0 Å². The Hall–Kier alpha value is -2.87. The molecule has 0 bridgehead atoms. The van der Waals surface area contributed by atoms with E-state index in [1.54, 1.807) is 6.26 Å². The van der Waals surface area contributed by atoms with Gasteiger partial charge in [0.05, 0.1) is 18.9 Å². The molecule has 0 radical (unpaired) electrons. The minimum Gasteiger partial charge on any atom is -0.481 e. The number of nitrogens with two attached hydrogens (primary N) is 1. The second kappa shape index (κ2) is 13.5. The molecule has 180 valence electrons. The lowest BCUT2D eigenvalue weighted by Gasteiger charge is -2.24. The van der Waals surface area contributed by atoms with E-state index in [0.29, 0.717) is 18.7 Å². The predicted octanol–water partition coefficient (Wildman–Crippen LogP) is -2.62. The van der Waals surface area contributed by atoms with Crippen LogP contribution in [0.25, 0.3) is 0 Å². The van der Waals surface area contributed by atoms with Crippen molar-refractivity contribution in [3.63, 3.8) is 0 Å². The van der Waals surface area contributed by atoms with Crippen LogP contribution in [0.4, 0.5) is 0 Å². The normalized spacial score (nSPS) is 18.1. The molecule has 0 aromatic rings. The molecule has 14 heteroatoms. The van der Waals surface area contributed by atoms with Gasteiger partial charge in [-0.15, -0.1) is 0 Å². The van der Waals surface area contributed by atoms with E-state index in [0.717, 1.165) is 6.42 Å². The Morgan fingerprint density at radius 3 is 2.12 bits per heavy atom. The fourth-order valence-electron chi connectivity index (χ4n) is 3.01. The number of nitrogens with one attached hydrogen (secondary N) is 4. The molecule has 1 fully saturated rings. The second-order valence-corrected chi connectivity index (χ2v) is 8.21. The summed E-state index contributed by atoms with van der Waals surface area (Å²) in [6, 6.07) is -4.76. The molecule has 1 aliphatic heterocycles. The van der Waals surface area contributed by atoms with Crippen LogP contribution >= 0.6 is 11.8 Å². The summed E-state index contributed by atoms with van der Waals surface area (Å²) in [7, 11) is 0. The van der Waals surface area contributed by atoms with Gasteiger partial charge in [-0.05, 0) is 37.8 Å². The summed E-state index contributed by atoms with van der Waals surface area (Å²) < 4.78 is 0. The maximum absolute atomic E-state index is 12.8. The third kappa shape index (κ3) is 9.51. The summed E-state index contributed by atoms with van der Waals surface area (Å²) >= 11 is 1.36. The van der Waals surface area contributed by atoms with E-state index >= 15 is 0 Å². The van der Waals surface area contributed by atoms with Crippen LogP contribution in [0.1, 0.15) is 32.1 Å². The number of carboxylic acid groups (broad SMARTS) is 2. The van der Waals surface area contributed by atoms with Crippen molar-refractivity contribution < 1.29 is 39.0 Å². The first-order valence-corrected chi connectivity index (χ1v) is 11.3. The number of rotatable bonds is 14. The standard InChI is InChI=1S/C18H29N5O8S/c1-32-6-4-10(16(28)23-12(18(30)31)8-14(25)26)21-17(29)11(7-13(19)24)22-15(27)9-3-2-5-20-9/h9-12,20H,2-8H2,1H3,(H2,19,24)(H,21,29)(H,22,27)(H,23,28)(H,25,26)(H,30,31). The Bertz CT molecular complexity index is 728. The number of hydrogen-bond donors (Lipinski definition) is 7. The Labute approximate surface area is 188 Å². The van der Waals surface area contributed by atoms with Gasteiger partial charge in [-0.25, -0.2) is 4.79 Å². The molecule has 4 unspecified atom stereocenters. The molecule has 4 amide bonds. The topological polar surface area (TPSA) is 217 Å². The van der Waals surface area contributed by atoms with E-state index in [9.17, 15) is 28.8 Å².